The van der Waals surface area contributed by atoms with Crippen molar-refractivity contribution in [1.29, 1.82) is 0 Å². The SMILES string of the molecule is Cl.Cl.Cl.c1cnc2ncccc2c1. The summed E-state index contributed by atoms with van der Waals surface area (Å²) in [5.41, 5.74) is 0.810. The van der Waals surface area contributed by atoms with Crippen molar-refractivity contribution in [2.45, 2.75) is 0 Å². The molecule has 0 saturated heterocycles. The molecule has 5 heteroatoms. The summed E-state index contributed by atoms with van der Waals surface area (Å²) in [5, 5.41) is 1.09. The van der Waals surface area contributed by atoms with Crippen LogP contribution >= 0.6 is 37.2 Å². The number of nitrogens with zero attached hydrogens (tertiary/aromatic N) is 2. The average Bonchev–Trinajstić information content (AvgIpc) is 2.05. The minimum Gasteiger partial charge on any atom is -0.237 e. The van der Waals surface area contributed by atoms with Gasteiger partial charge in [0.2, 0.25) is 0 Å². The fourth-order valence-electron chi connectivity index (χ4n) is 0.908. The topological polar surface area (TPSA) is 25.8 Å². The van der Waals surface area contributed by atoms with Gasteiger partial charge < -0.3 is 0 Å². The Morgan fingerprint density at radius 1 is 0.769 bits per heavy atom. The molecule has 2 aromatic heterocycles. The zero-order chi connectivity index (χ0) is 6.81. The van der Waals surface area contributed by atoms with Crippen LogP contribution in [0, 0.1) is 0 Å². The Bertz CT molecular complexity index is 288. The number of halogens is 3. The molecule has 0 saturated carbocycles. The minimum atomic E-state index is 0. The van der Waals surface area contributed by atoms with Gasteiger partial charge in [0.05, 0.1) is 0 Å². The highest BCUT2D eigenvalue weighted by atomic mass is 35.5. The molecule has 0 atom stereocenters. The Morgan fingerprint density at radius 3 is 1.62 bits per heavy atom. The lowest BCUT2D eigenvalue weighted by molar-refractivity contribution is 1.29. The molecular formula is C8H9Cl3N2. The van der Waals surface area contributed by atoms with Crippen molar-refractivity contribution >= 4 is 48.3 Å². The zero-order valence-corrected chi connectivity index (χ0v) is 9.03. The van der Waals surface area contributed by atoms with Crippen molar-refractivity contribution in [3.8, 4) is 0 Å². The van der Waals surface area contributed by atoms with Crippen molar-refractivity contribution in [3.63, 3.8) is 0 Å². The number of aromatic nitrogens is 2. The average molecular weight is 240 g/mol. The highest BCUT2D eigenvalue weighted by Gasteiger charge is 1.88. The molecule has 0 aliphatic rings. The lowest BCUT2D eigenvalue weighted by Gasteiger charge is -1.90. The Labute approximate surface area is 95.0 Å². The molecule has 0 fully saturated rings. The molecule has 2 nitrogen and oxygen atoms in total. The summed E-state index contributed by atoms with van der Waals surface area (Å²) in [5.74, 6) is 0. The molecule has 0 bridgehead atoms. The largest absolute Gasteiger partial charge is 0.237 e. The highest BCUT2D eigenvalue weighted by molar-refractivity contribution is 5.86. The molecule has 0 aliphatic heterocycles. The Morgan fingerprint density at radius 2 is 1.23 bits per heavy atom. The van der Waals surface area contributed by atoms with E-state index in [0.717, 1.165) is 11.0 Å². The second-order valence-corrected chi connectivity index (χ2v) is 2.05. The molecule has 0 amide bonds. The molecule has 13 heavy (non-hydrogen) atoms. The summed E-state index contributed by atoms with van der Waals surface area (Å²) in [7, 11) is 0. The number of fused-ring (bicyclic) bond motifs is 1. The summed E-state index contributed by atoms with van der Waals surface area (Å²) in [4.78, 5) is 8.14. The number of pyridine rings is 2. The van der Waals surface area contributed by atoms with Gasteiger partial charge in [0.25, 0.3) is 0 Å². The van der Waals surface area contributed by atoms with Gasteiger partial charge in [0.1, 0.15) is 0 Å². The number of rotatable bonds is 0. The lowest BCUT2D eigenvalue weighted by Crippen LogP contribution is -1.78. The third-order valence-corrected chi connectivity index (χ3v) is 1.38. The standard InChI is InChI=1S/C8H6N2.3ClH/c1-3-7-4-2-6-10-8(7)9-5-1;;;/h1-6H;3*1H. The van der Waals surface area contributed by atoms with Gasteiger partial charge in [-0.1, -0.05) is 0 Å². The molecule has 0 N–H and O–H groups in total. The maximum atomic E-state index is 4.07. The van der Waals surface area contributed by atoms with Gasteiger partial charge in [0.15, 0.2) is 5.65 Å². The van der Waals surface area contributed by atoms with E-state index >= 15 is 0 Å². The highest BCUT2D eigenvalue weighted by Crippen LogP contribution is 2.04. The molecule has 0 radical (unpaired) electrons. The second-order valence-electron chi connectivity index (χ2n) is 2.05. The molecule has 0 spiro atoms. The Hall–Kier alpha value is -0.570. The van der Waals surface area contributed by atoms with Crippen LogP contribution in [0.25, 0.3) is 11.0 Å². The van der Waals surface area contributed by atoms with Crippen LogP contribution in [0.1, 0.15) is 0 Å². The van der Waals surface area contributed by atoms with E-state index in [1.807, 2.05) is 24.3 Å². The van der Waals surface area contributed by atoms with E-state index in [1.54, 1.807) is 12.4 Å². The van der Waals surface area contributed by atoms with Crippen LogP contribution in [0.5, 0.6) is 0 Å². The van der Waals surface area contributed by atoms with E-state index in [9.17, 15) is 0 Å². The van der Waals surface area contributed by atoms with E-state index in [-0.39, 0.29) is 37.2 Å². The van der Waals surface area contributed by atoms with Crippen LogP contribution in [0.15, 0.2) is 36.7 Å². The van der Waals surface area contributed by atoms with Gasteiger partial charge in [-0.05, 0) is 24.3 Å². The fraction of sp³-hybridized carbons (Fsp3) is 0. The van der Waals surface area contributed by atoms with E-state index in [1.165, 1.54) is 0 Å². The van der Waals surface area contributed by atoms with Crippen LogP contribution in [0.4, 0.5) is 0 Å². The van der Waals surface area contributed by atoms with Gasteiger partial charge in [0, 0.05) is 17.8 Å². The fourth-order valence-corrected chi connectivity index (χ4v) is 0.908. The first kappa shape index (κ1) is 14.9. The minimum absolute atomic E-state index is 0. The normalized spacial score (nSPS) is 7.69. The van der Waals surface area contributed by atoms with Gasteiger partial charge in [-0.15, -0.1) is 37.2 Å². The van der Waals surface area contributed by atoms with Crippen molar-refractivity contribution in [2.75, 3.05) is 0 Å². The predicted octanol–water partition coefficient (Wildman–Crippen LogP) is 2.90. The van der Waals surface area contributed by atoms with Crippen molar-refractivity contribution in [2.24, 2.45) is 0 Å². The number of hydrogen-bond acceptors (Lipinski definition) is 2. The first-order valence-electron chi connectivity index (χ1n) is 3.12. The monoisotopic (exact) mass is 238 g/mol. The van der Waals surface area contributed by atoms with Gasteiger partial charge in [-0.3, -0.25) is 0 Å². The van der Waals surface area contributed by atoms with Crippen LogP contribution < -0.4 is 0 Å². The summed E-state index contributed by atoms with van der Waals surface area (Å²) >= 11 is 0. The summed E-state index contributed by atoms with van der Waals surface area (Å²) in [6.45, 7) is 0. The van der Waals surface area contributed by atoms with E-state index in [4.69, 9.17) is 0 Å². The van der Waals surface area contributed by atoms with Gasteiger partial charge in [-0.2, -0.15) is 0 Å². The molecule has 0 aromatic carbocycles. The van der Waals surface area contributed by atoms with Crippen LogP contribution in [0.3, 0.4) is 0 Å². The smallest absolute Gasteiger partial charge is 0.159 e. The quantitative estimate of drug-likeness (QED) is 0.706. The van der Waals surface area contributed by atoms with E-state index in [0.29, 0.717) is 0 Å². The lowest BCUT2D eigenvalue weighted by atomic mass is 10.3. The summed E-state index contributed by atoms with van der Waals surface area (Å²) in [6.07, 6.45) is 3.49. The van der Waals surface area contributed by atoms with Crippen LogP contribution in [-0.2, 0) is 0 Å². The third-order valence-electron chi connectivity index (χ3n) is 1.38. The van der Waals surface area contributed by atoms with Crippen molar-refractivity contribution in [1.82, 2.24) is 9.97 Å². The van der Waals surface area contributed by atoms with Crippen LogP contribution in [-0.4, -0.2) is 9.97 Å². The first-order valence-corrected chi connectivity index (χ1v) is 3.12. The zero-order valence-electron chi connectivity index (χ0n) is 6.58. The van der Waals surface area contributed by atoms with Gasteiger partial charge >= 0.3 is 0 Å². The maximum Gasteiger partial charge on any atom is 0.159 e. The Kier molecular flexibility index (Phi) is 7.92. The molecule has 0 unspecified atom stereocenters. The van der Waals surface area contributed by atoms with Crippen molar-refractivity contribution < 1.29 is 0 Å². The van der Waals surface area contributed by atoms with Gasteiger partial charge in [-0.25, -0.2) is 9.97 Å². The number of hydrogen-bond donors (Lipinski definition) is 0. The summed E-state index contributed by atoms with van der Waals surface area (Å²) in [6, 6.07) is 7.80. The van der Waals surface area contributed by atoms with Crippen LogP contribution in [0.2, 0.25) is 0 Å². The van der Waals surface area contributed by atoms with E-state index < -0.39 is 0 Å². The predicted molar refractivity (Wildman–Crippen MR) is 61.3 cm³/mol. The van der Waals surface area contributed by atoms with E-state index in [2.05, 4.69) is 9.97 Å². The molecule has 2 rings (SSSR count). The Balaban J connectivity index is 0. The molecule has 72 valence electrons. The second kappa shape index (κ2) is 6.89. The summed E-state index contributed by atoms with van der Waals surface area (Å²) < 4.78 is 0. The first-order chi connectivity index (χ1) is 4.97. The van der Waals surface area contributed by atoms with Crippen molar-refractivity contribution in [3.05, 3.63) is 36.7 Å². The molecule has 2 aromatic rings. The molecule has 0 aliphatic carbocycles. The molecular weight excluding hydrogens is 230 g/mol. The third kappa shape index (κ3) is 3.35. The maximum absolute atomic E-state index is 4.07. The molecule has 2 heterocycles.